The number of nitrogens with zero attached hydrogens (tertiary/aromatic N) is 1. The van der Waals surface area contributed by atoms with Crippen molar-refractivity contribution in [3.63, 3.8) is 0 Å². The van der Waals surface area contributed by atoms with E-state index in [4.69, 9.17) is 9.68 Å². The molecule has 0 spiro atoms. The molecular formula is C14H12INO2. The molecular weight excluding hydrogens is 341 g/mol. The molecule has 2 rings (SSSR count). The number of aryl methyl sites for hydroxylation is 1. The lowest BCUT2D eigenvalue weighted by Gasteiger charge is -2.05. The smallest absolute Gasteiger partial charge is 0.343 e. The van der Waals surface area contributed by atoms with Crippen molar-refractivity contribution >= 4 is 33.4 Å². The van der Waals surface area contributed by atoms with E-state index in [-0.39, 0.29) is 5.63 Å². The summed E-state index contributed by atoms with van der Waals surface area (Å²) in [5.41, 5.74) is -0.277. The summed E-state index contributed by atoms with van der Waals surface area (Å²) in [6, 6.07) is 9.59. The van der Waals surface area contributed by atoms with Crippen LogP contribution in [0.2, 0.25) is 0 Å². The van der Waals surface area contributed by atoms with Crippen molar-refractivity contribution in [1.82, 2.24) is 0 Å². The number of benzene rings is 1. The van der Waals surface area contributed by atoms with E-state index in [9.17, 15) is 4.79 Å². The summed E-state index contributed by atoms with van der Waals surface area (Å²) in [6.45, 7) is 0. The minimum Gasteiger partial charge on any atom is -0.426 e. The van der Waals surface area contributed by atoms with Crippen LogP contribution in [-0.2, 0) is 6.42 Å². The average Bonchev–Trinajstić information content (AvgIpc) is 2.40. The van der Waals surface area contributed by atoms with Gasteiger partial charge in [-0.25, -0.2) is 4.79 Å². The van der Waals surface area contributed by atoms with Crippen LogP contribution in [-0.4, -0.2) is 0 Å². The molecule has 92 valence electrons. The molecule has 0 saturated carbocycles. The molecule has 0 bridgehead atoms. The molecule has 4 heteroatoms. The zero-order valence-electron chi connectivity index (χ0n) is 9.78. The number of rotatable bonds is 4. The fourth-order valence-electron chi connectivity index (χ4n) is 1.86. The van der Waals surface area contributed by atoms with Gasteiger partial charge in [0.2, 0.25) is 0 Å². The Balaban J connectivity index is 2.32. The Morgan fingerprint density at radius 1 is 1.22 bits per heavy atom. The van der Waals surface area contributed by atoms with Gasteiger partial charge in [0.15, 0.2) is 0 Å². The summed E-state index contributed by atoms with van der Waals surface area (Å²) in [5.74, 6) is 0.734. The van der Waals surface area contributed by atoms with Gasteiger partial charge in [0.25, 0.3) is 0 Å². The van der Waals surface area contributed by atoms with Crippen molar-refractivity contribution < 1.29 is 4.42 Å². The summed E-state index contributed by atoms with van der Waals surface area (Å²) in [6.07, 6.45) is 2.96. The first-order chi connectivity index (χ1) is 8.74. The zero-order valence-corrected chi connectivity index (χ0v) is 11.9. The number of hydrogen-bond acceptors (Lipinski definition) is 3. The molecule has 0 saturated heterocycles. The van der Waals surface area contributed by atoms with Gasteiger partial charge in [-0.2, -0.15) is 5.26 Å². The molecule has 0 N–H and O–H groups in total. The van der Waals surface area contributed by atoms with Crippen molar-refractivity contribution in [2.75, 3.05) is 0 Å². The maximum atomic E-state index is 11.8. The first kappa shape index (κ1) is 13.1. The molecule has 2 aromatic rings. The van der Waals surface area contributed by atoms with Crippen molar-refractivity contribution in [2.45, 2.75) is 25.7 Å². The molecule has 0 radical (unpaired) electrons. The van der Waals surface area contributed by atoms with E-state index >= 15 is 0 Å². The van der Waals surface area contributed by atoms with Crippen molar-refractivity contribution in [3.8, 4) is 6.07 Å². The van der Waals surface area contributed by atoms with Gasteiger partial charge in [0.1, 0.15) is 5.76 Å². The third kappa shape index (κ3) is 2.72. The highest BCUT2D eigenvalue weighted by Gasteiger charge is 2.10. The summed E-state index contributed by atoms with van der Waals surface area (Å²) in [7, 11) is 0. The topological polar surface area (TPSA) is 54.0 Å². The lowest BCUT2D eigenvalue weighted by atomic mass is 10.1. The fourth-order valence-corrected chi connectivity index (χ4v) is 2.71. The van der Waals surface area contributed by atoms with Crippen LogP contribution in [0.1, 0.15) is 25.0 Å². The van der Waals surface area contributed by atoms with E-state index in [0.717, 1.165) is 27.6 Å². The second-order valence-corrected chi connectivity index (χ2v) is 5.12. The molecule has 0 aliphatic rings. The maximum Gasteiger partial charge on any atom is 0.343 e. The largest absolute Gasteiger partial charge is 0.426 e. The fraction of sp³-hybridized carbons (Fsp3) is 0.286. The minimum absolute atomic E-state index is 0.277. The van der Waals surface area contributed by atoms with Gasteiger partial charge >= 0.3 is 5.63 Å². The lowest BCUT2D eigenvalue weighted by molar-refractivity contribution is 0.455. The highest BCUT2D eigenvalue weighted by molar-refractivity contribution is 14.1. The number of nitriles is 1. The van der Waals surface area contributed by atoms with E-state index in [1.54, 1.807) is 6.07 Å². The van der Waals surface area contributed by atoms with Crippen LogP contribution in [0.5, 0.6) is 0 Å². The van der Waals surface area contributed by atoms with Crippen LogP contribution < -0.4 is 5.63 Å². The number of unbranched alkanes of at least 4 members (excludes halogenated alkanes) is 2. The molecule has 0 fully saturated rings. The molecule has 1 aromatic carbocycles. The molecule has 0 unspecified atom stereocenters. The summed E-state index contributed by atoms with van der Waals surface area (Å²) in [5, 5.41) is 10.1. The quantitative estimate of drug-likeness (QED) is 0.623. The predicted molar refractivity (Wildman–Crippen MR) is 78.4 cm³/mol. The van der Waals surface area contributed by atoms with Crippen LogP contribution in [0.3, 0.4) is 0 Å². The van der Waals surface area contributed by atoms with Crippen LogP contribution in [0.15, 0.2) is 33.5 Å². The molecule has 1 heterocycles. The Hall–Kier alpha value is -1.35. The molecule has 0 aliphatic carbocycles. The third-order valence-corrected chi connectivity index (χ3v) is 3.97. The summed E-state index contributed by atoms with van der Waals surface area (Å²) >= 11 is 2.22. The second-order valence-electron chi connectivity index (χ2n) is 4.04. The van der Waals surface area contributed by atoms with E-state index in [2.05, 4.69) is 28.7 Å². The van der Waals surface area contributed by atoms with E-state index in [1.807, 2.05) is 18.2 Å². The number of halogens is 1. The van der Waals surface area contributed by atoms with Crippen molar-refractivity contribution in [1.29, 1.82) is 5.26 Å². The third-order valence-electron chi connectivity index (χ3n) is 2.79. The molecule has 18 heavy (non-hydrogen) atoms. The van der Waals surface area contributed by atoms with Gasteiger partial charge in [-0.3, -0.25) is 0 Å². The number of fused-ring (bicyclic) bond motifs is 1. The van der Waals surface area contributed by atoms with Gasteiger partial charge in [-0.1, -0.05) is 18.2 Å². The maximum absolute atomic E-state index is 11.8. The molecule has 0 amide bonds. The molecule has 0 atom stereocenters. The van der Waals surface area contributed by atoms with Crippen molar-refractivity contribution in [3.05, 3.63) is 44.0 Å². The first-order valence-corrected chi connectivity index (χ1v) is 6.89. The minimum atomic E-state index is -0.277. The van der Waals surface area contributed by atoms with Crippen molar-refractivity contribution in [2.24, 2.45) is 0 Å². The number of hydrogen-bond donors (Lipinski definition) is 0. The van der Waals surface area contributed by atoms with Gasteiger partial charge in [-0.15, -0.1) is 0 Å². The van der Waals surface area contributed by atoms with E-state index in [1.165, 1.54) is 0 Å². The molecule has 1 aromatic heterocycles. The Bertz CT molecular complexity index is 655. The molecule has 0 aliphatic heterocycles. The molecule has 3 nitrogen and oxygen atoms in total. The van der Waals surface area contributed by atoms with Crippen LogP contribution in [0, 0.1) is 14.9 Å². The highest BCUT2D eigenvalue weighted by atomic mass is 127. The van der Waals surface area contributed by atoms with Crippen LogP contribution in [0.4, 0.5) is 0 Å². The average molecular weight is 353 g/mol. The Kier molecular flexibility index (Phi) is 4.37. The lowest BCUT2D eigenvalue weighted by Crippen LogP contribution is -2.05. The zero-order chi connectivity index (χ0) is 13.0. The van der Waals surface area contributed by atoms with Gasteiger partial charge in [0.05, 0.1) is 15.0 Å². The Morgan fingerprint density at radius 2 is 1.94 bits per heavy atom. The Morgan fingerprint density at radius 3 is 2.67 bits per heavy atom. The summed E-state index contributed by atoms with van der Waals surface area (Å²) < 4.78 is 6.36. The van der Waals surface area contributed by atoms with E-state index in [0.29, 0.717) is 18.2 Å². The predicted octanol–water partition coefficient (Wildman–Crippen LogP) is 3.63. The van der Waals surface area contributed by atoms with Gasteiger partial charge in [0, 0.05) is 18.2 Å². The van der Waals surface area contributed by atoms with Crippen LogP contribution in [0.25, 0.3) is 10.8 Å². The standard InChI is InChI=1S/C14H12INO2/c15-13-10-6-3-4-7-11(10)14(17)18-12(13)8-2-1-5-9-16/h3-4,6-7H,1-2,5,8H2. The Labute approximate surface area is 119 Å². The second kappa shape index (κ2) is 6.01. The van der Waals surface area contributed by atoms with E-state index < -0.39 is 0 Å². The SMILES string of the molecule is N#CCCCCc1oc(=O)c2ccccc2c1I. The van der Waals surface area contributed by atoms with Gasteiger partial charge in [-0.05, 0) is 41.5 Å². The van der Waals surface area contributed by atoms with Crippen LogP contribution >= 0.6 is 22.6 Å². The van der Waals surface area contributed by atoms with Gasteiger partial charge < -0.3 is 4.42 Å². The monoisotopic (exact) mass is 353 g/mol. The summed E-state index contributed by atoms with van der Waals surface area (Å²) in [4.78, 5) is 11.8. The first-order valence-electron chi connectivity index (χ1n) is 5.81. The normalized spacial score (nSPS) is 10.4. The highest BCUT2D eigenvalue weighted by Crippen LogP contribution is 2.22.